The second kappa shape index (κ2) is 4.29. The zero-order chi connectivity index (χ0) is 9.84. The Kier molecular flexibility index (Phi) is 3.32. The summed E-state index contributed by atoms with van der Waals surface area (Å²) in [7, 11) is 1.61. The average Bonchev–Trinajstić information content (AvgIpc) is 2.16. The molecule has 2 nitrogen and oxygen atoms in total. The molecule has 0 aliphatic rings. The van der Waals surface area contributed by atoms with Crippen molar-refractivity contribution < 1.29 is 4.74 Å². The summed E-state index contributed by atoms with van der Waals surface area (Å²) in [6.07, 6.45) is 0. The highest BCUT2D eigenvalue weighted by Crippen LogP contribution is 2.26. The topological polar surface area (TPSA) is 33.0 Å². The van der Waals surface area contributed by atoms with E-state index in [1.54, 1.807) is 7.11 Å². The third-order valence-corrected chi connectivity index (χ3v) is 2.39. The van der Waals surface area contributed by atoms with E-state index in [9.17, 15) is 0 Å². The molecule has 0 N–H and O–H groups in total. The van der Waals surface area contributed by atoms with E-state index in [4.69, 9.17) is 10.00 Å². The number of aryl methyl sites for hydroxylation is 1. The van der Waals surface area contributed by atoms with Gasteiger partial charge in [0.25, 0.3) is 0 Å². The van der Waals surface area contributed by atoms with Crippen LogP contribution < -0.4 is 4.74 Å². The number of hydrogen-bond donors (Lipinski definition) is 0. The Hall–Kier alpha value is -1.01. The van der Waals surface area contributed by atoms with E-state index in [1.165, 1.54) is 0 Å². The number of rotatable bonds is 2. The zero-order valence-electron chi connectivity index (χ0n) is 7.60. The maximum Gasteiger partial charge on any atom is 0.124 e. The van der Waals surface area contributed by atoms with E-state index >= 15 is 0 Å². The normalized spacial score (nSPS) is 9.38. The second-order valence-corrected chi connectivity index (χ2v) is 3.30. The van der Waals surface area contributed by atoms with Gasteiger partial charge in [0.15, 0.2) is 0 Å². The first-order valence-corrected chi connectivity index (χ1v) is 4.98. The first-order valence-electron chi connectivity index (χ1n) is 3.86. The second-order valence-electron chi connectivity index (χ2n) is 2.74. The van der Waals surface area contributed by atoms with Crippen molar-refractivity contribution in [2.75, 3.05) is 7.11 Å². The van der Waals surface area contributed by atoms with Gasteiger partial charge in [-0.1, -0.05) is 15.9 Å². The zero-order valence-corrected chi connectivity index (χ0v) is 9.18. The van der Waals surface area contributed by atoms with Crippen LogP contribution in [0, 0.1) is 18.3 Å². The van der Waals surface area contributed by atoms with Crippen molar-refractivity contribution in [2.24, 2.45) is 0 Å². The Morgan fingerprint density at radius 3 is 2.69 bits per heavy atom. The monoisotopic (exact) mass is 239 g/mol. The van der Waals surface area contributed by atoms with Gasteiger partial charge in [-0.25, -0.2) is 0 Å². The molecule has 1 rings (SSSR count). The molecule has 0 fully saturated rings. The highest BCUT2D eigenvalue weighted by Gasteiger charge is 2.08. The lowest BCUT2D eigenvalue weighted by Gasteiger charge is -2.08. The molecule has 0 aliphatic carbocycles. The van der Waals surface area contributed by atoms with Crippen LogP contribution in [0.15, 0.2) is 12.1 Å². The largest absolute Gasteiger partial charge is 0.496 e. The molecule has 0 unspecified atom stereocenters. The lowest BCUT2D eigenvalue weighted by atomic mass is 10.1. The Morgan fingerprint density at radius 1 is 1.54 bits per heavy atom. The predicted molar refractivity (Wildman–Crippen MR) is 55.1 cm³/mol. The first kappa shape index (κ1) is 10.1. The van der Waals surface area contributed by atoms with Crippen LogP contribution in [0.4, 0.5) is 0 Å². The van der Waals surface area contributed by atoms with Gasteiger partial charge in [0.1, 0.15) is 5.75 Å². The fourth-order valence-electron chi connectivity index (χ4n) is 1.20. The molecule has 13 heavy (non-hydrogen) atoms. The molecule has 0 aliphatic heterocycles. The molecule has 0 radical (unpaired) electrons. The Bertz CT molecular complexity index is 355. The van der Waals surface area contributed by atoms with Gasteiger partial charge in [0.05, 0.1) is 18.7 Å². The lowest BCUT2D eigenvalue weighted by molar-refractivity contribution is 0.411. The minimum atomic E-state index is 0.638. The highest BCUT2D eigenvalue weighted by atomic mass is 79.9. The van der Waals surface area contributed by atoms with Crippen LogP contribution in [0.2, 0.25) is 0 Å². The van der Waals surface area contributed by atoms with Crippen LogP contribution in [-0.4, -0.2) is 7.11 Å². The van der Waals surface area contributed by atoms with E-state index in [0.29, 0.717) is 10.9 Å². The molecule has 1 aromatic carbocycles. The summed E-state index contributed by atoms with van der Waals surface area (Å²) in [6, 6.07) is 5.94. The molecule has 1 aromatic rings. The average molecular weight is 240 g/mol. The fourth-order valence-corrected chi connectivity index (χ4v) is 1.78. The number of alkyl halides is 1. The molecule has 0 amide bonds. The summed E-state index contributed by atoms with van der Waals surface area (Å²) >= 11 is 3.33. The number of ether oxygens (including phenoxy) is 1. The Morgan fingerprint density at radius 2 is 2.23 bits per heavy atom. The minimum absolute atomic E-state index is 0.638. The number of hydrogen-bond acceptors (Lipinski definition) is 2. The van der Waals surface area contributed by atoms with Gasteiger partial charge in [0.2, 0.25) is 0 Å². The van der Waals surface area contributed by atoms with E-state index in [0.717, 1.165) is 16.9 Å². The lowest BCUT2D eigenvalue weighted by Crippen LogP contribution is -1.94. The summed E-state index contributed by atoms with van der Waals surface area (Å²) in [4.78, 5) is 0. The number of halogens is 1. The van der Waals surface area contributed by atoms with Crippen molar-refractivity contribution in [3.8, 4) is 11.8 Å². The van der Waals surface area contributed by atoms with Crippen LogP contribution in [-0.2, 0) is 5.33 Å². The molecule has 0 saturated carbocycles. The van der Waals surface area contributed by atoms with Crippen molar-refractivity contribution in [1.82, 2.24) is 0 Å². The standard InChI is InChI=1S/C10H10BrNO/c1-7-3-8(6-12)9(5-11)10(4-7)13-2/h3-4H,5H2,1-2H3. The molecular weight excluding hydrogens is 230 g/mol. The Labute approximate surface area is 86.3 Å². The van der Waals surface area contributed by atoms with Crippen LogP contribution in [0.3, 0.4) is 0 Å². The van der Waals surface area contributed by atoms with Gasteiger partial charge in [-0.3, -0.25) is 0 Å². The van der Waals surface area contributed by atoms with Crippen molar-refractivity contribution >= 4 is 15.9 Å². The summed E-state index contributed by atoms with van der Waals surface area (Å²) in [5.41, 5.74) is 2.63. The van der Waals surface area contributed by atoms with E-state index in [-0.39, 0.29) is 0 Å². The van der Waals surface area contributed by atoms with Gasteiger partial charge >= 0.3 is 0 Å². The summed E-state index contributed by atoms with van der Waals surface area (Å²) < 4.78 is 5.18. The van der Waals surface area contributed by atoms with Crippen LogP contribution >= 0.6 is 15.9 Å². The summed E-state index contributed by atoms with van der Waals surface area (Å²) in [6.45, 7) is 1.95. The van der Waals surface area contributed by atoms with Gasteiger partial charge in [-0.2, -0.15) is 5.26 Å². The van der Waals surface area contributed by atoms with Crippen molar-refractivity contribution in [2.45, 2.75) is 12.3 Å². The van der Waals surface area contributed by atoms with Crippen LogP contribution in [0.5, 0.6) is 5.75 Å². The van der Waals surface area contributed by atoms with Gasteiger partial charge < -0.3 is 4.74 Å². The number of nitrogens with zero attached hydrogens (tertiary/aromatic N) is 1. The SMILES string of the molecule is COc1cc(C)cc(C#N)c1CBr. The smallest absolute Gasteiger partial charge is 0.124 e. The molecule has 3 heteroatoms. The van der Waals surface area contributed by atoms with E-state index in [2.05, 4.69) is 22.0 Å². The van der Waals surface area contributed by atoms with Crippen LogP contribution in [0.1, 0.15) is 16.7 Å². The van der Waals surface area contributed by atoms with E-state index < -0.39 is 0 Å². The van der Waals surface area contributed by atoms with E-state index in [1.807, 2.05) is 19.1 Å². The fraction of sp³-hybridized carbons (Fsp3) is 0.300. The van der Waals surface area contributed by atoms with Crippen molar-refractivity contribution in [3.63, 3.8) is 0 Å². The van der Waals surface area contributed by atoms with Crippen LogP contribution in [0.25, 0.3) is 0 Å². The first-order chi connectivity index (χ1) is 6.22. The number of benzene rings is 1. The molecule has 0 heterocycles. The van der Waals surface area contributed by atoms with Crippen molar-refractivity contribution in [1.29, 1.82) is 5.26 Å². The molecule has 0 atom stereocenters. The minimum Gasteiger partial charge on any atom is -0.496 e. The molecule has 0 aromatic heterocycles. The van der Waals surface area contributed by atoms with Gasteiger partial charge in [-0.15, -0.1) is 0 Å². The third kappa shape index (κ3) is 2.02. The van der Waals surface area contributed by atoms with Crippen molar-refractivity contribution in [3.05, 3.63) is 28.8 Å². The molecular formula is C10H10BrNO. The number of nitriles is 1. The predicted octanol–water partition coefficient (Wildman–Crippen LogP) is 2.77. The maximum atomic E-state index is 8.87. The molecule has 0 saturated heterocycles. The maximum absolute atomic E-state index is 8.87. The molecule has 0 spiro atoms. The molecule has 0 bridgehead atoms. The molecule has 68 valence electrons. The Balaban J connectivity index is 3.36. The summed E-state index contributed by atoms with van der Waals surface area (Å²) in [5.74, 6) is 0.772. The van der Waals surface area contributed by atoms with Gasteiger partial charge in [0, 0.05) is 10.9 Å². The van der Waals surface area contributed by atoms with Gasteiger partial charge in [-0.05, 0) is 24.6 Å². The highest BCUT2D eigenvalue weighted by molar-refractivity contribution is 9.08. The summed E-state index contributed by atoms with van der Waals surface area (Å²) in [5, 5.41) is 9.51. The third-order valence-electron chi connectivity index (χ3n) is 1.83. The quantitative estimate of drug-likeness (QED) is 0.744. The number of methoxy groups -OCH3 is 1.